The van der Waals surface area contributed by atoms with E-state index in [0.717, 1.165) is 75.2 Å². The van der Waals surface area contributed by atoms with Crippen LogP contribution in [0.5, 0.6) is 0 Å². The van der Waals surface area contributed by atoms with Crippen LogP contribution in [-0.2, 0) is 11.3 Å². The minimum atomic E-state index is -0.166. The third-order valence-corrected chi connectivity index (χ3v) is 8.68. The van der Waals surface area contributed by atoms with Gasteiger partial charge in [0.25, 0.3) is 5.91 Å². The number of amides is 1. The molecule has 1 aliphatic carbocycles. The number of piperidine rings is 1. The summed E-state index contributed by atoms with van der Waals surface area (Å²) in [5.74, 6) is 1.03. The van der Waals surface area contributed by atoms with Gasteiger partial charge < -0.3 is 20.1 Å². The second kappa shape index (κ2) is 13.4. The van der Waals surface area contributed by atoms with Crippen LogP contribution in [0.3, 0.4) is 0 Å². The predicted molar refractivity (Wildman–Crippen MR) is 159 cm³/mol. The smallest absolute Gasteiger partial charge is 0.255 e. The molecule has 2 aromatic heterocycles. The molecule has 4 heterocycles. The molecule has 1 aromatic carbocycles. The lowest BCUT2D eigenvalue weighted by atomic mass is 9.89. The molecule has 5 nitrogen and oxygen atoms in total. The number of halogens is 1. The Morgan fingerprint density at radius 3 is 2.49 bits per heavy atom. The SMILES string of the molecule is NCCn1ccc2c1C(C(=O)N1CC[C@H](CN3CCC(c4ccc(F)cc4)CC3)C1)=CCC=C2.c1ccsc1. The zero-order valence-electron chi connectivity index (χ0n) is 22.6. The third kappa shape index (κ3) is 6.96. The number of allylic oxidation sites excluding steroid dienone is 2. The Kier molecular flexibility index (Phi) is 9.45. The van der Waals surface area contributed by atoms with E-state index in [9.17, 15) is 9.18 Å². The first-order valence-corrected chi connectivity index (χ1v) is 15.1. The zero-order chi connectivity index (χ0) is 27.0. The summed E-state index contributed by atoms with van der Waals surface area (Å²) in [6.07, 6.45) is 12.4. The number of hydrogen-bond acceptors (Lipinski definition) is 4. The Hall–Kier alpha value is -3.00. The molecule has 2 fully saturated rings. The van der Waals surface area contributed by atoms with E-state index < -0.39 is 0 Å². The number of hydrogen-bond donors (Lipinski definition) is 1. The number of benzene rings is 1. The van der Waals surface area contributed by atoms with Crippen molar-refractivity contribution in [2.75, 3.05) is 39.3 Å². The molecule has 0 radical (unpaired) electrons. The van der Waals surface area contributed by atoms with E-state index in [4.69, 9.17) is 5.73 Å². The van der Waals surface area contributed by atoms with Gasteiger partial charge in [0, 0.05) is 44.5 Å². The number of rotatable bonds is 6. The quantitative estimate of drug-likeness (QED) is 0.421. The van der Waals surface area contributed by atoms with Gasteiger partial charge in [-0.1, -0.05) is 42.5 Å². The summed E-state index contributed by atoms with van der Waals surface area (Å²) in [5, 5.41) is 4.08. The van der Waals surface area contributed by atoms with Crippen LogP contribution in [0.15, 0.2) is 71.6 Å². The number of fused-ring (bicyclic) bond motifs is 1. The molecule has 0 unspecified atom stereocenters. The summed E-state index contributed by atoms with van der Waals surface area (Å²) >= 11 is 1.71. The molecule has 0 spiro atoms. The maximum absolute atomic E-state index is 13.6. The Balaban J connectivity index is 0.000000555. The lowest BCUT2D eigenvalue weighted by Gasteiger charge is -2.33. The van der Waals surface area contributed by atoms with Crippen LogP contribution in [0.2, 0.25) is 0 Å². The summed E-state index contributed by atoms with van der Waals surface area (Å²) in [5.41, 5.74) is 10.0. The molecule has 2 saturated heterocycles. The first kappa shape index (κ1) is 27.6. The largest absolute Gasteiger partial charge is 0.346 e. The number of nitrogens with two attached hydrogens (primary N) is 1. The van der Waals surface area contributed by atoms with Crippen LogP contribution >= 0.6 is 11.3 Å². The van der Waals surface area contributed by atoms with Crippen LogP contribution in [0.1, 0.15) is 48.4 Å². The van der Waals surface area contributed by atoms with Gasteiger partial charge in [-0.2, -0.15) is 11.3 Å². The van der Waals surface area contributed by atoms with E-state index in [1.54, 1.807) is 23.5 Å². The molecule has 3 aromatic rings. The normalized spacial score (nSPS) is 19.7. The van der Waals surface area contributed by atoms with Crippen LogP contribution in [0.4, 0.5) is 4.39 Å². The van der Waals surface area contributed by atoms with Crippen molar-refractivity contribution in [3.05, 3.63) is 94.2 Å². The van der Waals surface area contributed by atoms with Gasteiger partial charge in [-0.3, -0.25) is 4.79 Å². The van der Waals surface area contributed by atoms with E-state index in [1.165, 1.54) is 5.56 Å². The maximum Gasteiger partial charge on any atom is 0.255 e. The summed E-state index contributed by atoms with van der Waals surface area (Å²) < 4.78 is 15.4. The van der Waals surface area contributed by atoms with Crippen molar-refractivity contribution in [3.8, 4) is 0 Å². The van der Waals surface area contributed by atoms with Crippen LogP contribution < -0.4 is 5.73 Å². The molecule has 6 rings (SSSR count). The number of thiophene rings is 1. The van der Waals surface area contributed by atoms with E-state index in [-0.39, 0.29) is 11.7 Å². The van der Waals surface area contributed by atoms with E-state index in [2.05, 4.69) is 38.7 Å². The Labute approximate surface area is 235 Å². The molecular formula is C32H39FN4OS. The average molecular weight is 547 g/mol. The van der Waals surface area contributed by atoms with Crippen molar-refractivity contribution in [2.45, 2.75) is 38.1 Å². The van der Waals surface area contributed by atoms with Crippen molar-refractivity contribution >= 4 is 28.9 Å². The highest BCUT2D eigenvalue weighted by atomic mass is 32.1. The van der Waals surface area contributed by atoms with Crippen LogP contribution in [-0.4, -0.2) is 59.5 Å². The second-order valence-electron chi connectivity index (χ2n) is 10.7. The van der Waals surface area contributed by atoms with Gasteiger partial charge in [0.2, 0.25) is 0 Å². The fourth-order valence-electron chi connectivity index (χ4n) is 6.04. The molecule has 2 N–H and O–H groups in total. The number of carbonyl (C=O) groups is 1. The lowest BCUT2D eigenvalue weighted by Crippen LogP contribution is -2.38. The van der Waals surface area contributed by atoms with Crippen molar-refractivity contribution in [1.29, 1.82) is 0 Å². The molecule has 1 amide bonds. The molecule has 0 saturated carbocycles. The van der Waals surface area contributed by atoms with E-state index in [0.29, 0.717) is 24.9 Å². The van der Waals surface area contributed by atoms with E-state index in [1.807, 2.05) is 41.2 Å². The van der Waals surface area contributed by atoms with Gasteiger partial charge in [-0.15, -0.1) is 0 Å². The standard InChI is InChI=1S/C28H35FN4O.C4H4S/c29-25-7-5-22(6-8-25)23-10-14-31(15-11-23)19-21-9-16-33(20-21)28(34)26-4-2-1-3-24-12-17-32(18-13-30)27(24)26;1-2-4-5-3-1/h1,3-8,12,17,21,23H,2,9-11,13-16,18-20,30H2;1-4H/t21-;/m1./s1. The summed E-state index contributed by atoms with van der Waals surface area (Å²) in [4.78, 5) is 18.2. The Morgan fingerprint density at radius 2 is 1.79 bits per heavy atom. The van der Waals surface area contributed by atoms with Gasteiger partial charge in [0.05, 0.1) is 11.3 Å². The van der Waals surface area contributed by atoms with E-state index >= 15 is 0 Å². The number of aromatic nitrogens is 1. The zero-order valence-corrected chi connectivity index (χ0v) is 23.4. The van der Waals surface area contributed by atoms with Crippen LogP contribution in [0.25, 0.3) is 11.6 Å². The van der Waals surface area contributed by atoms with Crippen molar-refractivity contribution in [2.24, 2.45) is 11.7 Å². The number of likely N-dealkylation sites (tertiary alicyclic amines) is 2. The minimum absolute atomic E-state index is 0.152. The highest BCUT2D eigenvalue weighted by molar-refractivity contribution is 7.07. The summed E-state index contributed by atoms with van der Waals surface area (Å²) in [6, 6.07) is 13.1. The fraction of sp³-hybridized carbons (Fsp3) is 0.406. The molecule has 206 valence electrons. The summed E-state index contributed by atoms with van der Waals surface area (Å²) in [7, 11) is 0. The molecule has 7 heteroatoms. The third-order valence-electron chi connectivity index (χ3n) is 8.05. The van der Waals surface area contributed by atoms with Crippen molar-refractivity contribution in [1.82, 2.24) is 14.4 Å². The predicted octanol–water partition coefficient (Wildman–Crippen LogP) is 5.86. The maximum atomic E-state index is 13.6. The fourth-order valence-corrected chi connectivity index (χ4v) is 6.49. The molecule has 2 aliphatic heterocycles. The van der Waals surface area contributed by atoms with Crippen molar-refractivity contribution < 1.29 is 9.18 Å². The molecule has 1 atom stereocenters. The van der Waals surface area contributed by atoms with Gasteiger partial charge in [0.1, 0.15) is 5.82 Å². The topological polar surface area (TPSA) is 54.5 Å². The first-order valence-electron chi connectivity index (χ1n) is 14.1. The average Bonchev–Trinajstić information content (AvgIpc) is 3.73. The minimum Gasteiger partial charge on any atom is -0.346 e. The number of carbonyl (C=O) groups excluding carboxylic acids is 1. The summed E-state index contributed by atoms with van der Waals surface area (Å²) in [6.45, 7) is 6.11. The highest BCUT2D eigenvalue weighted by Gasteiger charge is 2.32. The molecule has 3 aliphatic rings. The van der Waals surface area contributed by atoms with Gasteiger partial charge in [-0.05, 0) is 85.1 Å². The molecular weight excluding hydrogens is 507 g/mol. The highest BCUT2D eigenvalue weighted by Crippen LogP contribution is 2.31. The number of nitrogens with zero attached hydrogens (tertiary/aromatic N) is 3. The lowest BCUT2D eigenvalue weighted by molar-refractivity contribution is -0.124. The first-order chi connectivity index (χ1) is 19.1. The van der Waals surface area contributed by atoms with Gasteiger partial charge in [-0.25, -0.2) is 4.39 Å². The van der Waals surface area contributed by atoms with Gasteiger partial charge in [0.15, 0.2) is 0 Å². The molecule has 39 heavy (non-hydrogen) atoms. The molecule has 0 bridgehead atoms. The van der Waals surface area contributed by atoms with Gasteiger partial charge >= 0.3 is 0 Å². The van der Waals surface area contributed by atoms with Crippen LogP contribution in [0, 0.1) is 11.7 Å². The Bertz CT molecular complexity index is 1240. The van der Waals surface area contributed by atoms with Crippen molar-refractivity contribution in [3.63, 3.8) is 0 Å². The second-order valence-corrected chi connectivity index (χ2v) is 11.5. The monoisotopic (exact) mass is 546 g/mol. The Morgan fingerprint density at radius 1 is 1.03 bits per heavy atom.